The number of rotatable bonds is 3. The maximum atomic E-state index is 13.7. The van der Waals surface area contributed by atoms with Crippen LogP contribution in [0.15, 0.2) is 47.4 Å². The van der Waals surface area contributed by atoms with Crippen molar-refractivity contribution in [2.75, 3.05) is 0 Å². The highest BCUT2D eigenvalue weighted by Crippen LogP contribution is 2.40. The third kappa shape index (κ3) is 2.67. The van der Waals surface area contributed by atoms with Crippen molar-refractivity contribution < 1.29 is 12.8 Å². The molecule has 126 valence electrons. The molecule has 1 atom stereocenters. The predicted octanol–water partition coefficient (Wildman–Crippen LogP) is 4.94. The van der Waals surface area contributed by atoms with E-state index in [1.165, 1.54) is 37.0 Å². The van der Waals surface area contributed by atoms with Crippen molar-refractivity contribution in [1.29, 1.82) is 0 Å². The van der Waals surface area contributed by atoms with Gasteiger partial charge in [0.05, 0.1) is 10.1 Å². The first-order valence-electron chi connectivity index (χ1n) is 8.68. The summed E-state index contributed by atoms with van der Waals surface area (Å²) in [5.41, 5.74) is 2.84. The van der Waals surface area contributed by atoms with Gasteiger partial charge >= 0.3 is 0 Å². The molecule has 4 heteroatoms. The number of benzene rings is 2. The van der Waals surface area contributed by atoms with E-state index in [0.717, 1.165) is 18.4 Å². The van der Waals surface area contributed by atoms with Gasteiger partial charge in [-0.3, -0.25) is 0 Å². The van der Waals surface area contributed by atoms with Gasteiger partial charge in [0.15, 0.2) is 9.84 Å². The van der Waals surface area contributed by atoms with Gasteiger partial charge in [-0.05, 0) is 79.0 Å². The van der Waals surface area contributed by atoms with Crippen molar-refractivity contribution >= 4 is 9.84 Å². The molecule has 0 bridgehead atoms. The standard InChI is InChI=1S/C20H21FO2S/c21-17-10-7-16-5-2-6-20(19(16)13-17)24(22,23)18-11-8-15(9-12-18)14-3-1-4-14/h7-14,20H,1-6H2. The molecule has 0 N–H and O–H groups in total. The van der Waals surface area contributed by atoms with E-state index in [9.17, 15) is 12.8 Å². The molecular weight excluding hydrogens is 323 g/mol. The van der Waals surface area contributed by atoms with Crippen molar-refractivity contribution in [3.05, 3.63) is 65.0 Å². The van der Waals surface area contributed by atoms with Crippen LogP contribution in [-0.2, 0) is 16.3 Å². The van der Waals surface area contributed by atoms with E-state index in [1.54, 1.807) is 18.2 Å². The monoisotopic (exact) mass is 344 g/mol. The molecule has 2 nitrogen and oxygen atoms in total. The zero-order chi connectivity index (χ0) is 16.7. The number of hydrogen-bond acceptors (Lipinski definition) is 2. The highest BCUT2D eigenvalue weighted by atomic mass is 32.2. The maximum absolute atomic E-state index is 13.7. The van der Waals surface area contributed by atoms with E-state index in [2.05, 4.69) is 0 Å². The summed E-state index contributed by atoms with van der Waals surface area (Å²) in [6, 6.07) is 11.9. The molecule has 1 saturated carbocycles. The highest BCUT2D eigenvalue weighted by Gasteiger charge is 2.33. The molecule has 2 aromatic rings. The fourth-order valence-corrected chi connectivity index (χ4v) is 5.76. The van der Waals surface area contributed by atoms with Crippen LogP contribution in [0, 0.1) is 5.82 Å². The van der Waals surface area contributed by atoms with Crippen LogP contribution >= 0.6 is 0 Å². The van der Waals surface area contributed by atoms with E-state index >= 15 is 0 Å². The number of sulfone groups is 1. The maximum Gasteiger partial charge on any atom is 0.185 e. The Morgan fingerprint density at radius 2 is 1.67 bits per heavy atom. The van der Waals surface area contributed by atoms with Crippen LogP contribution in [0.25, 0.3) is 0 Å². The van der Waals surface area contributed by atoms with E-state index in [4.69, 9.17) is 0 Å². The average molecular weight is 344 g/mol. The smallest absolute Gasteiger partial charge is 0.185 e. The normalized spacial score (nSPS) is 21.1. The molecule has 2 aromatic carbocycles. The van der Waals surface area contributed by atoms with E-state index in [0.29, 0.717) is 22.8 Å². The van der Waals surface area contributed by atoms with Gasteiger partial charge in [-0.2, -0.15) is 0 Å². The Kier molecular flexibility index (Phi) is 3.95. The molecule has 0 spiro atoms. The van der Waals surface area contributed by atoms with E-state index in [-0.39, 0.29) is 5.82 Å². The molecule has 0 aliphatic heterocycles. The Balaban J connectivity index is 1.69. The second-order valence-electron chi connectivity index (χ2n) is 6.97. The third-order valence-electron chi connectivity index (χ3n) is 5.53. The Morgan fingerprint density at radius 1 is 0.917 bits per heavy atom. The van der Waals surface area contributed by atoms with Gasteiger partial charge in [0, 0.05) is 0 Å². The molecule has 2 aliphatic rings. The van der Waals surface area contributed by atoms with Crippen LogP contribution in [0.3, 0.4) is 0 Å². The van der Waals surface area contributed by atoms with Gasteiger partial charge in [-0.1, -0.05) is 24.6 Å². The molecule has 4 rings (SSSR count). The Labute approximate surface area is 142 Å². The SMILES string of the molecule is O=S(=O)(c1ccc(C2CCC2)cc1)C1CCCc2ccc(F)cc21. The number of hydrogen-bond donors (Lipinski definition) is 0. The minimum absolute atomic E-state index is 0.354. The molecule has 0 radical (unpaired) electrons. The lowest BCUT2D eigenvalue weighted by atomic mass is 9.80. The summed E-state index contributed by atoms with van der Waals surface area (Å²) < 4.78 is 39.9. The fourth-order valence-electron chi connectivity index (χ4n) is 3.88. The zero-order valence-corrected chi connectivity index (χ0v) is 14.4. The largest absolute Gasteiger partial charge is 0.223 e. The molecular formula is C20H21FO2S. The van der Waals surface area contributed by atoms with Crippen LogP contribution in [-0.4, -0.2) is 8.42 Å². The molecule has 24 heavy (non-hydrogen) atoms. The van der Waals surface area contributed by atoms with Crippen LogP contribution in [0.2, 0.25) is 0 Å². The second kappa shape index (κ2) is 5.99. The first-order chi connectivity index (χ1) is 11.6. The summed E-state index contributed by atoms with van der Waals surface area (Å²) in [5.74, 6) is 0.224. The summed E-state index contributed by atoms with van der Waals surface area (Å²) in [4.78, 5) is 0.354. The number of fused-ring (bicyclic) bond motifs is 1. The molecule has 0 heterocycles. The van der Waals surface area contributed by atoms with Gasteiger partial charge in [-0.15, -0.1) is 0 Å². The zero-order valence-electron chi connectivity index (χ0n) is 13.5. The van der Waals surface area contributed by atoms with Crippen molar-refractivity contribution in [3.8, 4) is 0 Å². The second-order valence-corrected chi connectivity index (χ2v) is 9.10. The molecule has 1 fully saturated rings. The van der Waals surface area contributed by atoms with Crippen molar-refractivity contribution in [3.63, 3.8) is 0 Å². The van der Waals surface area contributed by atoms with Gasteiger partial charge in [0.1, 0.15) is 5.82 Å². The third-order valence-corrected chi connectivity index (χ3v) is 7.70. The van der Waals surface area contributed by atoms with Crippen LogP contribution in [0.5, 0.6) is 0 Å². The Morgan fingerprint density at radius 3 is 2.33 bits per heavy atom. The van der Waals surface area contributed by atoms with Crippen LogP contribution in [0.4, 0.5) is 4.39 Å². The van der Waals surface area contributed by atoms with E-state index < -0.39 is 15.1 Å². The van der Waals surface area contributed by atoms with E-state index in [1.807, 2.05) is 12.1 Å². The first kappa shape index (κ1) is 15.8. The van der Waals surface area contributed by atoms with Gasteiger partial charge in [0.25, 0.3) is 0 Å². The Bertz CT molecular complexity index is 852. The summed E-state index contributed by atoms with van der Waals surface area (Å²) in [6.07, 6.45) is 5.85. The minimum Gasteiger partial charge on any atom is -0.223 e. The molecule has 0 amide bonds. The van der Waals surface area contributed by atoms with Crippen molar-refractivity contribution in [2.45, 2.75) is 54.6 Å². The topological polar surface area (TPSA) is 34.1 Å². The summed E-state index contributed by atoms with van der Waals surface area (Å²) >= 11 is 0. The average Bonchev–Trinajstić information content (AvgIpc) is 2.53. The first-order valence-corrected chi connectivity index (χ1v) is 10.2. The van der Waals surface area contributed by atoms with Crippen molar-refractivity contribution in [2.24, 2.45) is 0 Å². The van der Waals surface area contributed by atoms with Gasteiger partial charge in [0.2, 0.25) is 0 Å². The summed E-state index contributed by atoms with van der Waals surface area (Å²) in [7, 11) is -3.49. The molecule has 2 aliphatic carbocycles. The lowest BCUT2D eigenvalue weighted by molar-refractivity contribution is 0.419. The quantitative estimate of drug-likeness (QED) is 0.790. The number of halogens is 1. The van der Waals surface area contributed by atoms with Crippen LogP contribution in [0.1, 0.15) is 60.0 Å². The lowest BCUT2D eigenvalue weighted by Crippen LogP contribution is -2.19. The fraction of sp³-hybridized carbons (Fsp3) is 0.400. The molecule has 0 aromatic heterocycles. The Hall–Kier alpha value is -1.68. The summed E-state index contributed by atoms with van der Waals surface area (Å²) in [6.45, 7) is 0. The van der Waals surface area contributed by atoms with Crippen molar-refractivity contribution in [1.82, 2.24) is 0 Å². The molecule has 1 unspecified atom stereocenters. The highest BCUT2D eigenvalue weighted by molar-refractivity contribution is 7.91. The summed E-state index contributed by atoms with van der Waals surface area (Å²) in [5, 5.41) is -0.633. The van der Waals surface area contributed by atoms with Gasteiger partial charge < -0.3 is 0 Å². The number of aryl methyl sites for hydroxylation is 1. The van der Waals surface area contributed by atoms with Gasteiger partial charge in [-0.25, -0.2) is 12.8 Å². The molecule has 0 saturated heterocycles. The minimum atomic E-state index is -3.49. The predicted molar refractivity (Wildman–Crippen MR) is 92.3 cm³/mol. The lowest BCUT2D eigenvalue weighted by Gasteiger charge is -2.27. The van der Waals surface area contributed by atoms with Crippen LogP contribution < -0.4 is 0 Å².